The van der Waals surface area contributed by atoms with Crippen molar-refractivity contribution < 1.29 is 23.3 Å². The van der Waals surface area contributed by atoms with Gasteiger partial charge in [0.05, 0.1) is 13.2 Å². The highest BCUT2D eigenvalue weighted by atomic mass is 31.2. The molecule has 0 radical (unpaired) electrons. The summed E-state index contributed by atoms with van der Waals surface area (Å²) in [7, 11) is -1.55. The number of ether oxygens (including phenoxy) is 2. The molecule has 2 fully saturated rings. The molecule has 0 spiro atoms. The average molecular weight is 526 g/mol. The van der Waals surface area contributed by atoms with Crippen molar-refractivity contribution in [2.75, 3.05) is 17.8 Å². The molecule has 194 valence electrons. The molecule has 2 aliphatic heterocycles. The highest BCUT2D eigenvalue weighted by molar-refractivity contribution is 7.49. The number of aryl methyl sites for hydroxylation is 1. The number of benzene rings is 1. The highest BCUT2D eigenvalue weighted by Crippen LogP contribution is 2.55. The number of anilines is 1. The third-order valence-electron chi connectivity index (χ3n) is 6.14. The van der Waals surface area contributed by atoms with E-state index in [4.69, 9.17) is 18.5 Å². The quantitative estimate of drug-likeness (QED) is 0.365. The molecular formula is C25H27N4O7P. The summed E-state index contributed by atoms with van der Waals surface area (Å²) in [6.07, 6.45) is 1.14. The number of carbonyl (C=O) groups excluding carboxylic acids is 1. The number of H-pyrrole nitrogens is 1. The molecule has 4 heterocycles. The Kier molecular flexibility index (Phi) is 7.48. The molecular weight excluding hydrogens is 499 g/mol. The average Bonchev–Trinajstić information content (AvgIpc) is 3.50. The molecule has 0 aliphatic carbocycles. The summed E-state index contributed by atoms with van der Waals surface area (Å²) >= 11 is 0. The SMILES string of the molecule is CC(=O)O[C@H]1C[C@H](n2cc(C)c(=O)[nH]c2=O)O[C@@H]1COP1O[C@H](c2ccccc2)CN1c1ccccn1. The fourth-order valence-electron chi connectivity index (χ4n) is 4.34. The minimum absolute atomic E-state index is 0.0576. The van der Waals surface area contributed by atoms with Crippen molar-refractivity contribution >= 4 is 20.3 Å². The maximum Gasteiger partial charge on any atom is 0.330 e. The molecule has 1 unspecified atom stereocenters. The Bertz CT molecular complexity index is 1350. The minimum Gasteiger partial charge on any atom is -0.460 e. The topological polar surface area (TPSA) is 125 Å². The number of pyridine rings is 1. The van der Waals surface area contributed by atoms with E-state index in [1.807, 2.05) is 53.2 Å². The van der Waals surface area contributed by atoms with Gasteiger partial charge in [0.1, 0.15) is 30.4 Å². The number of aromatic amines is 1. The predicted octanol–water partition coefficient (Wildman–Crippen LogP) is 2.98. The Morgan fingerprint density at radius 1 is 1.19 bits per heavy atom. The van der Waals surface area contributed by atoms with E-state index in [1.165, 1.54) is 17.7 Å². The molecule has 2 saturated heterocycles. The molecule has 2 aliphatic rings. The van der Waals surface area contributed by atoms with Crippen LogP contribution in [0.1, 0.15) is 36.8 Å². The first-order valence-corrected chi connectivity index (χ1v) is 13.0. The smallest absolute Gasteiger partial charge is 0.330 e. The molecule has 1 N–H and O–H groups in total. The van der Waals surface area contributed by atoms with Crippen LogP contribution >= 0.6 is 8.53 Å². The van der Waals surface area contributed by atoms with Gasteiger partial charge in [-0.25, -0.2) is 9.78 Å². The Hall–Kier alpha value is -3.37. The lowest BCUT2D eigenvalue weighted by molar-refractivity contribution is -0.150. The molecule has 5 rings (SSSR count). The third-order valence-corrected chi connectivity index (χ3v) is 7.71. The lowest BCUT2D eigenvalue weighted by atomic mass is 10.1. The van der Waals surface area contributed by atoms with Gasteiger partial charge in [-0.3, -0.25) is 23.8 Å². The van der Waals surface area contributed by atoms with Crippen molar-refractivity contribution in [2.24, 2.45) is 0 Å². The van der Waals surface area contributed by atoms with Gasteiger partial charge in [0.25, 0.3) is 14.1 Å². The van der Waals surface area contributed by atoms with E-state index >= 15 is 0 Å². The van der Waals surface area contributed by atoms with Gasteiger partial charge in [0.15, 0.2) is 0 Å². The fraction of sp³-hybridized carbons (Fsp3) is 0.360. The maximum absolute atomic E-state index is 12.4. The molecule has 11 nitrogen and oxygen atoms in total. The van der Waals surface area contributed by atoms with E-state index in [2.05, 4.69) is 9.97 Å². The number of esters is 1. The molecule has 2 aromatic heterocycles. The first-order chi connectivity index (χ1) is 17.9. The number of hydrogen-bond acceptors (Lipinski definition) is 9. The second-order valence-corrected chi connectivity index (χ2v) is 10.2. The van der Waals surface area contributed by atoms with Crippen LogP contribution < -0.4 is 15.9 Å². The zero-order valence-corrected chi connectivity index (χ0v) is 21.2. The number of rotatable bonds is 7. The molecule has 0 bridgehead atoms. The molecule has 3 aromatic rings. The number of aromatic nitrogens is 3. The van der Waals surface area contributed by atoms with Gasteiger partial charge in [-0.2, -0.15) is 0 Å². The first kappa shape index (κ1) is 25.3. The van der Waals surface area contributed by atoms with Gasteiger partial charge in [-0.15, -0.1) is 0 Å². The Labute approximate surface area is 213 Å². The third kappa shape index (κ3) is 5.65. The van der Waals surface area contributed by atoms with Crippen LogP contribution in [0.3, 0.4) is 0 Å². The molecule has 0 amide bonds. The van der Waals surface area contributed by atoms with Crippen molar-refractivity contribution in [3.63, 3.8) is 0 Å². The van der Waals surface area contributed by atoms with E-state index in [9.17, 15) is 14.4 Å². The summed E-state index contributed by atoms with van der Waals surface area (Å²) in [5, 5.41) is 0. The van der Waals surface area contributed by atoms with Crippen LogP contribution in [-0.4, -0.2) is 45.9 Å². The number of carbonyl (C=O) groups is 1. The van der Waals surface area contributed by atoms with Crippen LogP contribution in [0.2, 0.25) is 0 Å². The molecule has 0 saturated carbocycles. The summed E-state index contributed by atoms with van der Waals surface area (Å²) in [5.41, 5.74) is 0.339. The van der Waals surface area contributed by atoms with Crippen molar-refractivity contribution in [1.29, 1.82) is 0 Å². The summed E-state index contributed by atoms with van der Waals surface area (Å²) < 4.78 is 27.5. The van der Waals surface area contributed by atoms with E-state index in [1.54, 1.807) is 13.1 Å². The second-order valence-electron chi connectivity index (χ2n) is 8.80. The molecule has 1 aromatic carbocycles. The van der Waals surface area contributed by atoms with Crippen LogP contribution in [0.5, 0.6) is 0 Å². The Morgan fingerprint density at radius 2 is 1.97 bits per heavy atom. The van der Waals surface area contributed by atoms with Crippen LogP contribution in [-0.2, 0) is 23.3 Å². The van der Waals surface area contributed by atoms with E-state index in [0.717, 1.165) is 11.4 Å². The van der Waals surface area contributed by atoms with Gasteiger partial charge in [0.2, 0.25) is 0 Å². The number of nitrogens with zero attached hydrogens (tertiary/aromatic N) is 3. The van der Waals surface area contributed by atoms with E-state index < -0.39 is 44.2 Å². The van der Waals surface area contributed by atoms with E-state index in [-0.39, 0.29) is 19.1 Å². The normalized spacial score (nSPS) is 25.4. The van der Waals surface area contributed by atoms with Crippen LogP contribution in [0, 0.1) is 6.92 Å². The summed E-state index contributed by atoms with van der Waals surface area (Å²) in [4.78, 5) is 42.7. The lowest BCUT2D eigenvalue weighted by Crippen LogP contribution is -2.33. The molecule has 12 heteroatoms. The zero-order valence-electron chi connectivity index (χ0n) is 20.4. The molecule has 5 atom stereocenters. The largest absolute Gasteiger partial charge is 0.460 e. The van der Waals surface area contributed by atoms with E-state index in [0.29, 0.717) is 12.1 Å². The minimum atomic E-state index is -1.55. The van der Waals surface area contributed by atoms with Gasteiger partial charge in [-0.05, 0) is 24.6 Å². The summed E-state index contributed by atoms with van der Waals surface area (Å²) in [6.45, 7) is 3.53. The highest BCUT2D eigenvalue weighted by Gasteiger charge is 2.42. The van der Waals surface area contributed by atoms with Gasteiger partial charge < -0.3 is 18.5 Å². The Morgan fingerprint density at radius 3 is 2.70 bits per heavy atom. The Balaban J connectivity index is 1.34. The summed E-state index contributed by atoms with van der Waals surface area (Å²) in [6, 6.07) is 15.5. The number of hydrogen-bond donors (Lipinski definition) is 1. The van der Waals surface area contributed by atoms with Crippen molar-refractivity contribution in [3.05, 3.63) is 92.9 Å². The monoisotopic (exact) mass is 526 g/mol. The predicted molar refractivity (Wildman–Crippen MR) is 135 cm³/mol. The van der Waals surface area contributed by atoms with Crippen molar-refractivity contribution in [1.82, 2.24) is 14.5 Å². The van der Waals surface area contributed by atoms with Crippen LogP contribution in [0.4, 0.5) is 5.82 Å². The van der Waals surface area contributed by atoms with Crippen molar-refractivity contribution in [3.8, 4) is 0 Å². The first-order valence-electron chi connectivity index (χ1n) is 11.9. The fourth-order valence-corrected chi connectivity index (χ4v) is 5.90. The van der Waals surface area contributed by atoms with Gasteiger partial charge in [0, 0.05) is 31.3 Å². The van der Waals surface area contributed by atoms with Gasteiger partial charge >= 0.3 is 11.7 Å². The maximum atomic E-state index is 12.4. The zero-order chi connectivity index (χ0) is 25.9. The summed E-state index contributed by atoms with van der Waals surface area (Å²) in [5.74, 6) is 0.260. The molecule has 37 heavy (non-hydrogen) atoms. The van der Waals surface area contributed by atoms with Crippen molar-refractivity contribution in [2.45, 2.75) is 44.8 Å². The standard InChI is InChI=1S/C25H27N4O7P/c1-16-13-28(25(32)27-24(16)31)23-12-19(34-17(2)30)21(35-23)15-33-37-29(22-10-6-7-11-26-22)14-20(36-37)18-8-4-3-5-9-18/h3-11,13,19-21,23H,12,14-15H2,1-2H3,(H,27,31,32)/t19-,20-,21+,23+,37?/m0/s1. The lowest BCUT2D eigenvalue weighted by Gasteiger charge is -2.24. The van der Waals surface area contributed by atoms with Gasteiger partial charge in [-0.1, -0.05) is 36.4 Å². The second kappa shape index (κ2) is 10.9. The van der Waals surface area contributed by atoms with Crippen LogP contribution in [0.25, 0.3) is 0 Å². The van der Waals surface area contributed by atoms with Crippen LogP contribution in [0.15, 0.2) is 70.5 Å². The number of nitrogens with one attached hydrogen (secondary N) is 1.